The third kappa shape index (κ3) is 30.8. The first-order valence-electron chi connectivity index (χ1n) is 30.0. The van der Waals surface area contributed by atoms with Gasteiger partial charge >= 0.3 is 6.09 Å². The van der Waals surface area contributed by atoms with Crippen molar-refractivity contribution in [2.45, 2.75) is 70.4 Å². The Morgan fingerprint density at radius 3 is 1.55 bits per heavy atom. The minimum absolute atomic E-state index is 0.0164. The number of alkyl carbamates (subject to hydrolysis) is 1. The van der Waals surface area contributed by atoms with Crippen molar-refractivity contribution < 1.29 is 85.7 Å². The number of amides is 7. The average Bonchev–Trinajstić information content (AvgIpc) is 1.78. The smallest absolute Gasteiger partial charge is 0.407 e. The fourth-order valence-corrected chi connectivity index (χ4v) is 8.83. The number of benzene rings is 2. The summed E-state index contributed by atoms with van der Waals surface area (Å²) in [6.45, 7) is 8.31. The van der Waals surface area contributed by atoms with E-state index in [4.69, 9.17) is 52.1 Å². The molecule has 3 aliphatic rings. The zero-order valence-corrected chi connectivity index (χ0v) is 49.8. The number of hydrogen-bond donors (Lipinski definition) is 3. The zero-order chi connectivity index (χ0) is 60.9. The van der Waals surface area contributed by atoms with Crippen LogP contribution in [-0.4, -0.2) is 229 Å². The molecule has 24 nitrogen and oxygen atoms in total. The van der Waals surface area contributed by atoms with E-state index < -0.39 is 17.9 Å². The molecule has 0 fully saturated rings. The van der Waals surface area contributed by atoms with E-state index in [1.54, 1.807) is 9.80 Å². The van der Waals surface area contributed by atoms with Crippen LogP contribution < -0.4 is 20.9 Å². The fourth-order valence-electron chi connectivity index (χ4n) is 8.83. The summed E-state index contributed by atoms with van der Waals surface area (Å²) in [5, 5.41) is 8.25. The summed E-state index contributed by atoms with van der Waals surface area (Å²) in [7, 11) is 0. The first-order chi connectivity index (χ1) is 42.2. The summed E-state index contributed by atoms with van der Waals surface area (Å²) < 4.78 is 61.8. The van der Waals surface area contributed by atoms with Gasteiger partial charge in [-0.2, -0.15) is 0 Å². The van der Waals surface area contributed by atoms with E-state index in [2.05, 4.69) is 34.2 Å². The lowest BCUT2D eigenvalue weighted by molar-refractivity contribution is -0.137. The normalized spacial score (nSPS) is 14.7. The first-order valence-corrected chi connectivity index (χ1v) is 30.0. The highest BCUT2D eigenvalue weighted by Gasteiger charge is 2.24. The number of hydrogen-bond acceptors (Lipinski definition) is 18. The molecule has 0 saturated carbocycles. The van der Waals surface area contributed by atoms with Gasteiger partial charge in [0, 0.05) is 70.7 Å². The highest BCUT2D eigenvalue weighted by Crippen LogP contribution is 2.29. The predicted molar refractivity (Wildman–Crippen MR) is 319 cm³/mol. The van der Waals surface area contributed by atoms with Crippen molar-refractivity contribution in [3.8, 4) is 0 Å². The molecule has 3 N–H and O–H groups in total. The van der Waals surface area contributed by atoms with Gasteiger partial charge in [-0.1, -0.05) is 66.8 Å². The molecule has 1 aliphatic carbocycles. The molecule has 86 heavy (non-hydrogen) atoms. The van der Waals surface area contributed by atoms with Crippen molar-refractivity contribution in [3.05, 3.63) is 89.5 Å². The molecular formula is C62H90N6O18. The van der Waals surface area contributed by atoms with Crippen molar-refractivity contribution >= 4 is 59.4 Å². The Morgan fingerprint density at radius 2 is 0.953 bits per heavy atom. The lowest BCUT2D eigenvalue weighted by atomic mass is 10.0. The van der Waals surface area contributed by atoms with Gasteiger partial charge in [-0.05, 0) is 54.9 Å². The number of carbonyl (C=O) groups excluding carboxylic acids is 7. The van der Waals surface area contributed by atoms with Crippen LogP contribution in [0.2, 0.25) is 0 Å². The third-order valence-electron chi connectivity index (χ3n) is 13.5. The molecule has 0 radical (unpaired) electrons. The molecule has 2 aromatic carbocycles. The van der Waals surface area contributed by atoms with E-state index in [-0.39, 0.29) is 102 Å². The topological polar surface area (TPSA) is 267 Å². The van der Waals surface area contributed by atoms with Gasteiger partial charge in [-0.3, -0.25) is 33.7 Å². The number of rotatable bonds is 46. The molecule has 24 heteroatoms. The van der Waals surface area contributed by atoms with E-state index in [9.17, 15) is 33.6 Å². The van der Waals surface area contributed by atoms with Crippen molar-refractivity contribution in [3.63, 3.8) is 0 Å². The second-order valence-electron chi connectivity index (χ2n) is 19.9. The molecule has 1 atom stereocenters. The maximum Gasteiger partial charge on any atom is 0.407 e. The summed E-state index contributed by atoms with van der Waals surface area (Å²) in [5.74, 6) is -1.60. The summed E-state index contributed by atoms with van der Waals surface area (Å²) in [4.78, 5) is 91.2. The van der Waals surface area contributed by atoms with E-state index in [1.807, 2.05) is 54.6 Å². The van der Waals surface area contributed by atoms with Crippen molar-refractivity contribution in [1.29, 1.82) is 0 Å². The van der Waals surface area contributed by atoms with Gasteiger partial charge in [0.1, 0.15) is 6.10 Å². The standard InChI is InChI=1S/C62H90N6O18/c69-56(18-19-61(74)68-50-53-12-7-6-10-51(53)16-17-52-11-8-9-15-55(52)68)63-24-31-77-37-43-83-46-40-80-34-28-66(29-35-81-41-47-84-45-39-79-33-26-65-62(75)86-54-13-4-2-1-3-5-14-54)58(71)23-30-76-36-42-82-48-49-85-44-38-78-32-25-64-57(70)22-27-67-59(72)20-21-60(67)73/h1-2,6-12,15-17,20-21,54H,3-5,13-14,18-19,22-50H2,(H,63,69)(H,64,70)(H,65,75)/t54-/m0/s1. The van der Waals surface area contributed by atoms with Crippen molar-refractivity contribution in [2.75, 3.05) is 176 Å². The largest absolute Gasteiger partial charge is 0.446 e. The molecule has 2 aliphatic heterocycles. The molecular weight excluding hydrogens is 1120 g/mol. The van der Waals surface area contributed by atoms with Crippen LogP contribution in [0.25, 0.3) is 12.2 Å². The van der Waals surface area contributed by atoms with E-state index >= 15 is 0 Å². The van der Waals surface area contributed by atoms with Gasteiger partial charge in [-0.25, -0.2) is 4.79 Å². The number of carbonyl (C=O) groups is 7. The number of nitrogens with one attached hydrogen (secondary N) is 3. The molecule has 7 amide bonds. The highest BCUT2D eigenvalue weighted by molar-refractivity contribution is 6.13. The Morgan fingerprint density at radius 1 is 0.477 bits per heavy atom. The lowest BCUT2D eigenvalue weighted by Crippen LogP contribution is -2.37. The number of fused-ring (bicyclic) bond motifs is 2. The molecule has 2 heterocycles. The maximum absolute atomic E-state index is 13.5. The molecule has 2 aromatic rings. The van der Waals surface area contributed by atoms with E-state index in [0.29, 0.717) is 132 Å². The van der Waals surface area contributed by atoms with Crippen LogP contribution in [0.4, 0.5) is 10.5 Å². The summed E-state index contributed by atoms with van der Waals surface area (Å²) >= 11 is 0. The molecule has 5 rings (SSSR count). The van der Waals surface area contributed by atoms with Gasteiger partial charge in [0.25, 0.3) is 11.8 Å². The van der Waals surface area contributed by atoms with Crippen molar-refractivity contribution in [1.82, 2.24) is 25.8 Å². The number of imide groups is 1. The lowest BCUT2D eigenvalue weighted by Gasteiger charge is -2.27. The molecule has 0 aromatic heterocycles. The summed E-state index contributed by atoms with van der Waals surface area (Å²) in [6.07, 6.45) is 15.2. The molecule has 476 valence electrons. The zero-order valence-electron chi connectivity index (χ0n) is 49.8. The number of para-hydroxylation sites is 1. The van der Waals surface area contributed by atoms with Gasteiger partial charge in [-0.15, -0.1) is 0 Å². The number of nitrogens with zero attached hydrogens (tertiary/aromatic N) is 3. The molecule has 0 spiro atoms. The minimum Gasteiger partial charge on any atom is -0.446 e. The highest BCUT2D eigenvalue weighted by atomic mass is 16.6. The maximum atomic E-state index is 13.5. The van der Waals surface area contributed by atoms with Crippen LogP contribution in [0.5, 0.6) is 0 Å². The molecule has 0 unspecified atom stereocenters. The Balaban J connectivity index is 0.860. The van der Waals surface area contributed by atoms with Crippen LogP contribution >= 0.6 is 0 Å². The Bertz CT molecular complexity index is 2390. The predicted octanol–water partition coefficient (Wildman–Crippen LogP) is 4.03. The third-order valence-corrected chi connectivity index (χ3v) is 13.5. The van der Waals surface area contributed by atoms with Gasteiger partial charge < -0.3 is 77.9 Å². The van der Waals surface area contributed by atoms with Crippen LogP contribution in [-0.2, 0) is 87.4 Å². The molecule has 0 bridgehead atoms. The summed E-state index contributed by atoms with van der Waals surface area (Å²) in [5.41, 5.74) is 3.84. The van der Waals surface area contributed by atoms with Gasteiger partial charge in [0.15, 0.2) is 0 Å². The van der Waals surface area contributed by atoms with Crippen LogP contribution in [0.15, 0.2) is 72.8 Å². The summed E-state index contributed by atoms with van der Waals surface area (Å²) in [6, 6.07) is 15.7. The Kier molecular flexibility index (Phi) is 36.7. The van der Waals surface area contributed by atoms with E-state index in [1.165, 1.54) is 12.2 Å². The average molecular weight is 1210 g/mol. The second-order valence-corrected chi connectivity index (χ2v) is 19.9. The fraction of sp³-hybridized carbons (Fsp3) is 0.597. The minimum atomic E-state index is -0.424. The van der Waals surface area contributed by atoms with Crippen LogP contribution in [0.1, 0.15) is 74.5 Å². The number of anilines is 1. The van der Waals surface area contributed by atoms with Gasteiger partial charge in [0.05, 0.1) is 151 Å². The Labute approximate surface area is 505 Å². The second kappa shape index (κ2) is 44.9. The van der Waals surface area contributed by atoms with Crippen LogP contribution in [0.3, 0.4) is 0 Å². The van der Waals surface area contributed by atoms with E-state index in [0.717, 1.165) is 59.4 Å². The number of ether oxygens (including phenoxy) is 11. The SMILES string of the molecule is O=C(CCC(=O)N1Cc2ccccc2C=Cc2ccccc21)NCCOCCOCCOCCN(CCOCCOCCOCCNC(=O)O[C@H]1CCC=CCCC1)C(=O)CCOCCOCCOCCOCCNC(=O)CCN1C(=O)C=CC1=O. The first kappa shape index (κ1) is 70.3. The Hall–Kier alpha value is -6.45. The monoisotopic (exact) mass is 1210 g/mol. The quantitative estimate of drug-likeness (QED) is 0.0480. The number of allylic oxidation sites excluding steroid dienone is 2. The van der Waals surface area contributed by atoms with Crippen LogP contribution in [0, 0.1) is 0 Å². The van der Waals surface area contributed by atoms with Crippen molar-refractivity contribution in [2.24, 2.45) is 0 Å². The van der Waals surface area contributed by atoms with Gasteiger partial charge in [0.2, 0.25) is 23.6 Å². The molecule has 0 saturated heterocycles.